The first-order chi connectivity index (χ1) is 8.99. The topological polar surface area (TPSA) is 64.3 Å². The smallest absolute Gasteiger partial charge is 0.412 e. The van der Waals surface area contributed by atoms with Crippen LogP contribution in [0.15, 0.2) is 30.3 Å². The zero-order chi connectivity index (χ0) is 14.3. The fourth-order valence-electron chi connectivity index (χ4n) is 1.57. The molecule has 1 amide bonds. The Labute approximate surface area is 119 Å². The molecule has 0 aliphatic heterocycles. The normalized spacial score (nSPS) is 12.0. The van der Waals surface area contributed by atoms with Crippen LogP contribution in [0.5, 0.6) is 0 Å². The quantitative estimate of drug-likeness (QED) is 0.814. The summed E-state index contributed by atoms with van der Waals surface area (Å²) in [5.74, 6) is 0.426. The van der Waals surface area contributed by atoms with Gasteiger partial charge < -0.3 is 10.5 Å². The van der Waals surface area contributed by atoms with Crippen molar-refractivity contribution in [1.82, 2.24) is 5.32 Å². The van der Waals surface area contributed by atoms with Gasteiger partial charge in [0.1, 0.15) is 11.6 Å². The van der Waals surface area contributed by atoms with Crippen molar-refractivity contribution in [2.24, 2.45) is 11.7 Å². The van der Waals surface area contributed by atoms with Crippen LogP contribution in [-0.2, 0) is 11.3 Å². The highest BCUT2D eigenvalue weighted by Crippen LogP contribution is 2.04. The fraction of sp³-hybridized carbons (Fsp3) is 0.429. The summed E-state index contributed by atoms with van der Waals surface area (Å²) < 4.78 is 5.06. The molecule has 0 unspecified atom stereocenters. The summed E-state index contributed by atoms with van der Waals surface area (Å²) in [6.45, 7) is 4.32. The van der Waals surface area contributed by atoms with Gasteiger partial charge in [0.25, 0.3) is 0 Å². The molecule has 0 spiro atoms. The molecule has 0 aromatic heterocycles. The zero-order valence-electron chi connectivity index (χ0n) is 11.3. The van der Waals surface area contributed by atoms with E-state index in [-0.39, 0.29) is 12.6 Å². The number of amides is 1. The summed E-state index contributed by atoms with van der Waals surface area (Å²) in [5.41, 5.74) is 6.79. The van der Waals surface area contributed by atoms with E-state index in [1.165, 1.54) is 0 Å². The van der Waals surface area contributed by atoms with Crippen molar-refractivity contribution >= 4 is 23.3 Å². The molecule has 0 aliphatic carbocycles. The van der Waals surface area contributed by atoms with Gasteiger partial charge in [-0.25, -0.2) is 4.79 Å². The Kier molecular flexibility index (Phi) is 6.45. The lowest BCUT2D eigenvalue weighted by atomic mass is 10.0. The van der Waals surface area contributed by atoms with Crippen LogP contribution in [0.2, 0.25) is 0 Å². The second-order valence-electron chi connectivity index (χ2n) is 4.79. The third-order valence-electron chi connectivity index (χ3n) is 2.50. The number of nitrogens with two attached hydrogens (primary N) is 1. The summed E-state index contributed by atoms with van der Waals surface area (Å²) >= 11 is 5.07. The van der Waals surface area contributed by atoms with Crippen molar-refractivity contribution in [1.29, 1.82) is 0 Å². The van der Waals surface area contributed by atoms with E-state index in [1.54, 1.807) is 0 Å². The van der Waals surface area contributed by atoms with Crippen LogP contribution in [0.25, 0.3) is 0 Å². The Morgan fingerprint density at radius 1 is 1.37 bits per heavy atom. The monoisotopic (exact) mass is 280 g/mol. The van der Waals surface area contributed by atoms with E-state index in [0.717, 1.165) is 12.0 Å². The highest BCUT2D eigenvalue weighted by molar-refractivity contribution is 7.80. The van der Waals surface area contributed by atoms with Gasteiger partial charge in [-0.1, -0.05) is 56.4 Å². The van der Waals surface area contributed by atoms with Crippen LogP contribution >= 0.6 is 12.2 Å². The Morgan fingerprint density at radius 2 is 2.00 bits per heavy atom. The number of rotatable bonds is 5. The van der Waals surface area contributed by atoms with Crippen molar-refractivity contribution in [2.45, 2.75) is 32.9 Å². The number of alkyl carbamates (subject to hydrolysis) is 1. The molecule has 4 nitrogen and oxygen atoms in total. The minimum atomic E-state index is -0.562. The zero-order valence-corrected chi connectivity index (χ0v) is 12.1. The first kappa shape index (κ1) is 15.6. The third kappa shape index (κ3) is 6.31. The lowest BCUT2D eigenvalue weighted by Gasteiger charge is -2.16. The van der Waals surface area contributed by atoms with Crippen molar-refractivity contribution in [3.05, 3.63) is 35.9 Å². The molecule has 0 saturated heterocycles. The standard InChI is InChI=1S/C14H20N2O2S/c1-10(2)8-12(15)13(19)16-14(17)18-9-11-6-4-3-5-7-11/h3-7,10,12H,8-9,15H2,1-2H3,(H,16,17,19)/t12-/m0/s1. The van der Waals surface area contributed by atoms with Crippen molar-refractivity contribution < 1.29 is 9.53 Å². The Hall–Kier alpha value is -1.46. The van der Waals surface area contributed by atoms with E-state index in [2.05, 4.69) is 19.2 Å². The van der Waals surface area contributed by atoms with E-state index in [1.807, 2.05) is 30.3 Å². The maximum absolute atomic E-state index is 11.5. The first-order valence-electron chi connectivity index (χ1n) is 6.26. The van der Waals surface area contributed by atoms with Crippen LogP contribution in [-0.4, -0.2) is 17.1 Å². The Morgan fingerprint density at radius 3 is 2.58 bits per heavy atom. The van der Waals surface area contributed by atoms with Gasteiger partial charge in [-0.3, -0.25) is 5.32 Å². The third-order valence-corrected chi connectivity index (χ3v) is 2.90. The number of ether oxygens (including phenoxy) is 1. The molecule has 0 bridgehead atoms. The van der Waals surface area contributed by atoms with Crippen LogP contribution in [0.4, 0.5) is 4.79 Å². The summed E-state index contributed by atoms with van der Waals surface area (Å²) in [5, 5.41) is 2.50. The molecule has 0 heterocycles. The molecule has 1 rings (SSSR count). The lowest BCUT2D eigenvalue weighted by Crippen LogP contribution is -2.42. The Bertz CT molecular complexity index is 421. The van der Waals surface area contributed by atoms with Gasteiger partial charge in [0.2, 0.25) is 0 Å². The minimum absolute atomic E-state index is 0.217. The molecule has 0 fully saturated rings. The van der Waals surface area contributed by atoms with Crippen molar-refractivity contribution in [3.8, 4) is 0 Å². The molecule has 1 atom stereocenters. The molecule has 0 radical (unpaired) electrons. The number of hydrogen-bond donors (Lipinski definition) is 2. The summed E-state index contributed by atoms with van der Waals surface area (Å²) in [6.07, 6.45) is 0.172. The highest BCUT2D eigenvalue weighted by atomic mass is 32.1. The maximum atomic E-state index is 11.5. The number of thiocarbonyl (C=S) groups is 1. The molecule has 104 valence electrons. The number of carbonyl (C=O) groups is 1. The van der Waals surface area contributed by atoms with E-state index < -0.39 is 6.09 Å². The van der Waals surface area contributed by atoms with Crippen molar-refractivity contribution in [2.75, 3.05) is 0 Å². The van der Waals surface area contributed by atoms with Gasteiger partial charge in [0, 0.05) is 0 Å². The second kappa shape index (κ2) is 7.86. The van der Waals surface area contributed by atoms with E-state index in [9.17, 15) is 4.79 Å². The van der Waals surface area contributed by atoms with Gasteiger partial charge in [-0.2, -0.15) is 0 Å². The lowest BCUT2D eigenvalue weighted by molar-refractivity contribution is 0.145. The molecule has 19 heavy (non-hydrogen) atoms. The molecule has 0 saturated carbocycles. The fourth-order valence-corrected chi connectivity index (χ4v) is 1.75. The van der Waals surface area contributed by atoms with E-state index >= 15 is 0 Å². The number of hydrogen-bond acceptors (Lipinski definition) is 4. The van der Waals surface area contributed by atoms with E-state index in [0.29, 0.717) is 10.9 Å². The van der Waals surface area contributed by atoms with Crippen LogP contribution in [0, 0.1) is 5.92 Å². The molecule has 5 heteroatoms. The van der Waals surface area contributed by atoms with Crippen LogP contribution in [0.1, 0.15) is 25.8 Å². The molecule has 1 aromatic carbocycles. The highest BCUT2D eigenvalue weighted by Gasteiger charge is 2.14. The SMILES string of the molecule is CC(C)C[C@H](N)C(=S)NC(=O)OCc1ccccc1. The minimum Gasteiger partial charge on any atom is -0.444 e. The molecule has 1 aromatic rings. The summed E-state index contributed by atoms with van der Waals surface area (Å²) in [4.78, 5) is 11.9. The van der Waals surface area contributed by atoms with Crippen molar-refractivity contribution in [3.63, 3.8) is 0 Å². The Balaban J connectivity index is 2.33. The van der Waals surface area contributed by atoms with Gasteiger partial charge in [-0.05, 0) is 17.9 Å². The van der Waals surface area contributed by atoms with Gasteiger partial charge in [0.05, 0.1) is 6.04 Å². The molecular weight excluding hydrogens is 260 g/mol. The number of carbonyl (C=O) groups excluding carboxylic acids is 1. The van der Waals surface area contributed by atoms with Crippen LogP contribution in [0.3, 0.4) is 0 Å². The first-order valence-corrected chi connectivity index (χ1v) is 6.67. The predicted molar refractivity (Wildman–Crippen MR) is 79.8 cm³/mol. The largest absolute Gasteiger partial charge is 0.444 e. The van der Waals surface area contributed by atoms with Gasteiger partial charge in [0.15, 0.2) is 0 Å². The average molecular weight is 280 g/mol. The predicted octanol–water partition coefficient (Wildman–Crippen LogP) is 2.61. The maximum Gasteiger partial charge on any atom is 0.412 e. The van der Waals surface area contributed by atoms with Gasteiger partial charge >= 0.3 is 6.09 Å². The molecular formula is C14H20N2O2S. The second-order valence-corrected chi connectivity index (χ2v) is 5.23. The summed E-state index contributed by atoms with van der Waals surface area (Å²) in [7, 11) is 0. The molecule has 3 N–H and O–H groups in total. The van der Waals surface area contributed by atoms with Crippen LogP contribution < -0.4 is 11.1 Å². The van der Waals surface area contributed by atoms with E-state index in [4.69, 9.17) is 22.7 Å². The average Bonchev–Trinajstić information content (AvgIpc) is 2.36. The number of benzene rings is 1. The summed E-state index contributed by atoms with van der Waals surface area (Å²) in [6, 6.07) is 9.13. The van der Waals surface area contributed by atoms with Gasteiger partial charge in [-0.15, -0.1) is 0 Å². The molecule has 0 aliphatic rings. The number of nitrogens with one attached hydrogen (secondary N) is 1.